The average Bonchev–Trinajstić information content (AvgIpc) is 3.39. The quantitative estimate of drug-likeness (QED) is 0.338. The Morgan fingerprint density at radius 2 is 1.92 bits per heavy atom. The van der Waals surface area contributed by atoms with Crippen molar-refractivity contribution in [2.45, 2.75) is 51.6 Å². The molecule has 5 heteroatoms. The number of benzene rings is 1. The van der Waals surface area contributed by atoms with E-state index in [-0.39, 0.29) is 24.0 Å². The van der Waals surface area contributed by atoms with Crippen molar-refractivity contribution >= 4 is 29.9 Å². The second-order valence-electron chi connectivity index (χ2n) is 7.16. The van der Waals surface area contributed by atoms with Gasteiger partial charge in [0, 0.05) is 18.6 Å². The lowest BCUT2D eigenvalue weighted by Crippen LogP contribution is -2.43. The molecule has 0 spiro atoms. The predicted octanol–water partition coefficient (Wildman–Crippen LogP) is 3.52. The summed E-state index contributed by atoms with van der Waals surface area (Å²) < 4.78 is 0. The highest BCUT2D eigenvalue weighted by Crippen LogP contribution is 2.34. The third-order valence-corrected chi connectivity index (χ3v) is 4.70. The molecule has 0 aromatic heterocycles. The molecule has 25 heavy (non-hydrogen) atoms. The zero-order chi connectivity index (χ0) is 17.4. The summed E-state index contributed by atoms with van der Waals surface area (Å²) in [5.41, 5.74) is 1.40. The second kappa shape index (κ2) is 11.7. The van der Waals surface area contributed by atoms with Crippen LogP contribution in [-0.2, 0) is 6.42 Å². The minimum Gasteiger partial charge on any atom is -0.357 e. The largest absolute Gasteiger partial charge is 0.357 e. The SMILES string of the molecule is CCNC(=NCC(C1CC1)N(C)C)NC(C)CCc1ccccc1.I. The fourth-order valence-corrected chi connectivity index (χ4v) is 3.05. The van der Waals surface area contributed by atoms with Crippen LogP contribution in [0.15, 0.2) is 35.3 Å². The molecular formula is C20H35IN4. The van der Waals surface area contributed by atoms with Crippen LogP contribution < -0.4 is 10.6 Å². The molecule has 0 amide bonds. The molecule has 2 unspecified atom stereocenters. The van der Waals surface area contributed by atoms with Gasteiger partial charge in [-0.1, -0.05) is 30.3 Å². The summed E-state index contributed by atoms with van der Waals surface area (Å²) in [5.74, 6) is 1.78. The Bertz CT molecular complexity index is 498. The number of rotatable bonds is 9. The van der Waals surface area contributed by atoms with Gasteiger partial charge in [0.25, 0.3) is 0 Å². The van der Waals surface area contributed by atoms with Crippen molar-refractivity contribution in [3.05, 3.63) is 35.9 Å². The Morgan fingerprint density at radius 1 is 1.24 bits per heavy atom. The minimum absolute atomic E-state index is 0. The van der Waals surface area contributed by atoms with Crippen molar-refractivity contribution in [1.29, 1.82) is 0 Å². The summed E-state index contributed by atoms with van der Waals surface area (Å²) >= 11 is 0. The standard InChI is InChI=1S/C20H34N4.HI/c1-5-21-20(22-15-19(24(3)4)18-13-14-18)23-16(2)11-12-17-9-7-6-8-10-17;/h6-10,16,18-19H,5,11-15H2,1-4H3,(H2,21,22,23);1H. The van der Waals surface area contributed by atoms with Gasteiger partial charge in [0.05, 0.1) is 6.54 Å². The minimum atomic E-state index is 0. The van der Waals surface area contributed by atoms with Crippen LogP contribution in [0, 0.1) is 5.92 Å². The maximum Gasteiger partial charge on any atom is 0.191 e. The van der Waals surface area contributed by atoms with Crippen LogP contribution in [0.3, 0.4) is 0 Å². The number of hydrogen-bond donors (Lipinski definition) is 2. The van der Waals surface area contributed by atoms with E-state index in [2.05, 4.69) is 73.8 Å². The van der Waals surface area contributed by atoms with E-state index in [1.807, 2.05) is 0 Å². The number of nitrogens with zero attached hydrogens (tertiary/aromatic N) is 2. The Hall–Kier alpha value is -0.820. The van der Waals surface area contributed by atoms with Gasteiger partial charge < -0.3 is 15.5 Å². The van der Waals surface area contributed by atoms with Gasteiger partial charge in [0.1, 0.15) is 0 Å². The van der Waals surface area contributed by atoms with E-state index < -0.39 is 0 Å². The molecule has 1 saturated carbocycles. The first kappa shape index (κ1) is 22.2. The topological polar surface area (TPSA) is 39.7 Å². The molecule has 142 valence electrons. The van der Waals surface area contributed by atoms with Crippen LogP contribution in [0.4, 0.5) is 0 Å². The van der Waals surface area contributed by atoms with E-state index in [9.17, 15) is 0 Å². The zero-order valence-corrected chi connectivity index (χ0v) is 18.5. The monoisotopic (exact) mass is 458 g/mol. The number of halogens is 1. The highest BCUT2D eigenvalue weighted by atomic mass is 127. The number of likely N-dealkylation sites (N-methyl/N-ethyl adjacent to an activating group) is 1. The van der Waals surface area contributed by atoms with Crippen LogP contribution in [0.1, 0.15) is 38.7 Å². The molecule has 0 aliphatic heterocycles. The highest BCUT2D eigenvalue weighted by molar-refractivity contribution is 14.0. The van der Waals surface area contributed by atoms with E-state index in [1.54, 1.807) is 0 Å². The third-order valence-electron chi connectivity index (χ3n) is 4.70. The first-order chi connectivity index (χ1) is 11.6. The summed E-state index contributed by atoms with van der Waals surface area (Å²) in [6, 6.07) is 11.7. The third kappa shape index (κ3) is 8.40. The van der Waals surface area contributed by atoms with E-state index >= 15 is 0 Å². The number of nitrogens with one attached hydrogen (secondary N) is 2. The predicted molar refractivity (Wildman–Crippen MR) is 119 cm³/mol. The lowest BCUT2D eigenvalue weighted by molar-refractivity contribution is 0.271. The number of hydrogen-bond acceptors (Lipinski definition) is 2. The van der Waals surface area contributed by atoms with E-state index in [0.29, 0.717) is 12.1 Å². The molecular weight excluding hydrogens is 423 g/mol. The zero-order valence-electron chi connectivity index (χ0n) is 16.2. The first-order valence-corrected chi connectivity index (χ1v) is 9.35. The summed E-state index contributed by atoms with van der Waals surface area (Å²) in [5, 5.41) is 6.95. The summed E-state index contributed by atoms with van der Waals surface area (Å²) in [6.07, 6.45) is 4.91. The van der Waals surface area contributed by atoms with Crippen molar-refractivity contribution in [2.75, 3.05) is 27.2 Å². The van der Waals surface area contributed by atoms with Gasteiger partial charge in [-0.05, 0) is 65.1 Å². The van der Waals surface area contributed by atoms with Crippen LogP contribution in [0.2, 0.25) is 0 Å². The molecule has 1 fully saturated rings. The lowest BCUT2D eigenvalue weighted by Gasteiger charge is -2.23. The normalized spacial score (nSPS) is 16.9. The fourth-order valence-electron chi connectivity index (χ4n) is 3.05. The van der Waals surface area contributed by atoms with Gasteiger partial charge in [-0.15, -0.1) is 24.0 Å². The smallest absolute Gasteiger partial charge is 0.191 e. The van der Waals surface area contributed by atoms with Gasteiger partial charge >= 0.3 is 0 Å². The molecule has 0 heterocycles. The van der Waals surface area contributed by atoms with Gasteiger partial charge in [0.2, 0.25) is 0 Å². The molecule has 1 aliphatic rings. The average molecular weight is 458 g/mol. The maximum atomic E-state index is 4.84. The van der Waals surface area contributed by atoms with Crippen LogP contribution in [-0.4, -0.2) is 50.1 Å². The molecule has 0 saturated heterocycles. The summed E-state index contributed by atoms with van der Waals surface area (Å²) in [6.45, 7) is 6.13. The molecule has 4 nitrogen and oxygen atoms in total. The molecule has 0 bridgehead atoms. The van der Waals surface area contributed by atoms with Crippen molar-refractivity contribution in [3.63, 3.8) is 0 Å². The molecule has 2 N–H and O–H groups in total. The van der Waals surface area contributed by atoms with Crippen LogP contribution >= 0.6 is 24.0 Å². The number of aryl methyl sites for hydroxylation is 1. The van der Waals surface area contributed by atoms with Gasteiger partial charge in [-0.3, -0.25) is 4.99 Å². The van der Waals surface area contributed by atoms with E-state index in [1.165, 1.54) is 18.4 Å². The van der Waals surface area contributed by atoms with Crippen molar-refractivity contribution in [3.8, 4) is 0 Å². The van der Waals surface area contributed by atoms with E-state index in [0.717, 1.165) is 37.8 Å². The summed E-state index contributed by atoms with van der Waals surface area (Å²) in [7, 11) is 4.34. The van der Waals surface area contributed by atoms with Crippen LogP contribution in [0.5, 0.6) is 0 Å². The van der Waals surface area contributed by atoms with E-state index in [4.69, 9.17) is 4.99 Å². The van der Waals surface area contributed by atoms with Crippen molar-refractivity contribution in [2.24, 2.45) is 10.9 Å². The molecule has 1 aromatic carbocycles. The second-order valence-corrected chi connectivity index (χ2v) is 7.16. The van der Waals surface area contributed by atoms with Gasteiger partial charge in [-0.25, -0.2) is 0 Å². The Kier molecular flexibility index (Phi) is 10.4. The Balaban J connectivity index is 0.00000312. The highest BCUT2D eigenvalue weighted by Gasteiger charge is 2.32. The molecule has 0 radical (unpaired) electrons. The lowest BCUT2D eigenvalue weighted by atomic mass is 10.1. The Morgan fingerprint density at radius 3 is 2.48 bits per heavy atom. The number of aliphatic imine (C=N–C) groups is 1. The molecule has 2 atom stereocenters. The van der Waals surface area contributed by atoms with Crippen molar-refractivity contribution < 1.29 is 0 Å². The molecule has 2 rings (SSSR count). The maximum absolute atomic E-state index is 4.84. The number of guanidine groups is 1. The molecule has 1 aliphatic carbocycles. The Labute approximate surface area is 170 Å². The first-order valence-electron chi connectivity index (χ1n) is 9.35. The summed E-state index contributed by atoms with van der Waals surface area (Å²) in [4.78, 5) is 7.17. The van der Waals surface area contributed by atoms with Gasteiger partial charge in [0.15, 0.2) is 5.96 Å². The van der Waals surface area contributed by atoms with Crippen LogP contribution in [0.25, 0.3) is 0 Å². The fraction of sp³-hybridized carbons (Fsp3) is 0.650. The molecule has 1 aromatic rings. The van der Waals surface area contributed by atoms with Crippen molar-refractivity contribution in [1.82, 2.24) is 15.5 Å². The van der Waals surface area contributed by atoms with Gasteiger partial charge in [-0.2, -0.15) is 0 Å².